The van der Waals surface area contributed by atoms with Crippen molar-refractivity contribution in [1.29, 1.82) is 0 Å². The Bertz CT molecular complexity index is 530. The molecule has 112 valence electrons. The highest BCUT2D eigenvalue weighted by Gasteiger charge is 2.28. The molecular formula is C13H22N4O2S. The zero-order valence-corrected chi connectivity index (χ0v) is 12.8. The van der Waals surface area contributed by atoms with Gasteiger partial charge < -0.3 is 5.32 Å². The summed E-state index contributed by atoms with van der Waals surface area (Å²) in [5.74, 6) is 0.844. The smallest absolute Gasteiger partial charge is 0.243 e. The fourth-order valence-electron chi connectivity index (χ4n) is 2.37. The highest BCUT2D eigenvalue weighted by atomic mass is 32.2. The van der Waals surface area contributed by atoms with Gasteiger partial charge in [-0.15, -0.1) is 0 Å². The summed E-state index contributed by atoms with van der Waals surface area (Å²) in [5.41, 5.74) is 0. The number of rotatable bonds is 6. The van der Waals surface area contributed by atoms with Gasteiger partial charge in [0.25, 0.3) is 0 Å². The first-order valence-electron chi connectivity index (χ1n) is 7.11. The van der Waals surface area contributed by atoms with Gasteiger partial charge in [-0.3, -0.25) is 0 Å². The van der Waals surface area contributed by atoms with E-state index in [0.29, 0.717) is 11.9 Å². The van der Waals surface area contributed by atoms with Crippen LogP contribution in [0.2, 0.25) is 0 Å². The highest BCUT2D eigenvalue weighted by Crippen LogP contribution is 2.26. The van der Waals surface area contributed by atoms with Crippen molar-refractivity contribution in [3.63, 3.8) is 0 Å². The molecule has 2 atom stereocenters. The number of hydrogen-bond donors (Lipinski definition) is 2. The van der Waals surface area contributed by atoms with Crippen LogP contribution in [0, 0.1) is 5.92 Å². The Labute approximate surface area is 120 Å². The van der Waals surface area contributed by atoms with E-state index in [-0.39, 0.29) is 10.9 Å². The van der Waals surface area contributed by atoms with Crippen LogP contribution in [-0.2, 0) is 10.0 Å². The van der Waals surface area contributed by atoms with E-state index in [4.69, 9.17) is 0 Å². The van der Waals surface area contributed by atoms with Crippen molar-refractivity contribution in [3.8, 4) is 0 Å². The molecule has 2 rings (SSSR count). The highest BCUT2D eigenvalue weighted by molar-refractivity contribution is 7.89. The Kier molecular flexibility index (Phi) is 4.93. The molecular weight excluding hydrogens is 276 g/mol. The van der Waals surface area contributed by atoms with Gasteiger partial charge in [0.1, 0.15) is 4.90 Å². The first-order chi connectivity index (χ1) is 9.53. The Morgan fingerprint density at radius 1 is 1.30 bits per heavy atom. The number of aromatic nitrogens is 2. The lowest BCUT2D eigenvalue weighted by Gasteiger charge is -2.17. The molecule has 0 amide bonds. The lowest BCUT2D eigenvalue weighted by atomic mass is 10.1. The third-order valence-corrected chi connectivity index (χ3v) is 5.08. The van der Waals surface area contributed by atoms with Crippen LogP contribution < -0.4 is 10.0 Å². The molecule has 6 nitrogen and oxygen atoms in total. The molecule has 0 bridgehead atoms. The zero-order chi connectivity index (χ0) is 14.6. The molecule has 20 heavy (non-hydrogen) atoms. The maximum atomic E-state index is 12.2. The minimum atomic E-state index is -3.52. The number of hydrogen-bond acceptors (Lipinski definition) is 5. The minimum absolute atomic E-state index is 0.0258. The van der Waals surface area contributed by atoms with Crippen molar-refractivity contribution in [2.24, 2.45) is 5.92 Å². The Hall–Kier alpha value is -1.21. The summed E-state index contributed by atoms with van der Waals surface area (Å²) in [6.07, 6.45) is 6.72. The molecule has 1 heterocycles. The van der Waals surface area contributed by atoms with E-state index in [1.54, 1.807) is 0 Å². The number of anilines is 1. The molecule has 0 aromatic carbocycles. The van der Waals surface area contributed by atoms with Gasteiger partial charge in [-0.05, 0) is 25.2 Å². The SMILES string of the molecule is CCCNc1ncc(S(=O)(=O)NC2CCCC2C)cn1. The van der Waals surface area contributed by atoms with Crippen molar-refractivity contribution >= 4 is 16.0 Å². The molecule has 0 aliphatic heterocycles. The largest absolute Gasteiger partial charge is 0.354 e. The van der Waals surface area contributed by atoms with Crippen LogP contribution in [0.25, 0.3) is 0 Å². The molecule has 2 unspecified atom stereocenters. The normalized spacial score (nSPS) is 22.9. The second-order valence-electron chi connectivity index (χ2n) is 5.31. The van der Waals surface area contributed by atoms with E-state index in [9.17, 15) is 8.42 Å². The second-order valence-corrected chi connectivity index (χ2v) is 7.02. The molecule has 0 radical (unpaired) electrons. The fourth-order valence-corrected chi connectivity index (χ4v) is 3.64. The summed E-state index contributed by atoms with van der Waals surface area (Å²) < 4.78 is 27.3. The van der Waals surface area contributed by atoms with Gasteiger partial charge in [0.2, 0.25) is 16.0 Å². The Morgan fingerprint density at radius 2 is 2.00 bits per heavy atom. The fraction of sp³-hybridized carbons (Fsp3) is 0.692. The molecule has 1 saturated carbocycles. The van der Waals surface area contributed by atoms with E-state index in [1.165, 1.54) is 12.4 Å². The summed E-state index contributed by atoms with van der Waals surface area (Å²) >= 11 is 0. The van der Waals surface area contributed by atoms with Gasteiger partial charge in [0, 0.05) is 12.6 Å². The van der Waals surface area contributed by atoms with Gasteiger partial charge in [-0.1, -0.05) is 20.3 Å². The predicted molar refractivity (Wildman–Crippen MR) is 77.9 cm³/mol. The molecule has 1 aliphatic carbocycles. The first kappa shape index (κ1) is 15.2. The van der Waals surface area contributed by atoms with Gasteiger partial charge in [-0.25, -0.2) is 23.1 Å². The molecule has 1 aromatic heterocycles. The summed E-state index contributed by atoms with van der Waals surface area (Å²) in [7, 11) is -3.52. The van der Waals surface area contributed by atoms with Crippen molar-refractivity contribution in [1.82, 2.24) is 14.7 Å². The van der Waals surface area contributed by atoms with Crippen LogP contribution in [-0.4, -0.2) is 31.0 Å². The summed E-state index contributed by atoms with van der Waals surface area (Å²) in [6.45, 7) is 4.89. The van der Waals surface area contributed by atoms with Crippen LogP contribution >= 0.6 is 0 Å². The van der Waals surface area contributed by atoms with Crippen molar-refractivity contribution < 1.29 is 8.42 Å². The first-order valence-corrected chi connectivity index (χ1v) is 8.59. The summed E-state index contributed by atoms with van der Waals surface area (Å²) in [5, 5.41) is 3.02. The van der Waals surface area contributed by atoms with Crippen molar-refractivity contribution in [2.75, 3.05) is 11.9 Å². The van der Waals surface area contributed by atoms with E-state index < -0.39 is 10.0 Å². The van der Waals surface area contributed by atoms with Crippen LogP contribution in [0.4, 0.5) is 5.95 Å². The van der Waals surface area contributed by atoms with Crippen LogP contribution in [0.5, 0.6) is 0 Å². The maximum Gasteiger partial charge on any atom is 0.243 e. The van der Waals surface area contributed by atoms with Gasteiger partial charge >= 0.3 is 0 Å². The van der Waals surface area contributed by atoms with Crippen molar-refractivity contribution in [3.05, 3.63) is 12.4 Å². The quantitative estimate of drug-likeness (QED) is 0.836. The third-order valence-electron chi connectivity index (χ3n) is 3.64. The molecule has 0 spiro atoms. The second kappa shape index (κ2) is 6.49. The van der Waals surface area contributed by atoms with Crippen LogP contribution in [0.3, 0.4) is 0 Å². The molecule has 7 heteroatoms. The average Bonchev–Trinajstić information content (AvgIpc) is 2.82. The van der Waals surface area contributed by atoms with Crippen molar-refractivity contribution in [2.45, 2.75) is 50.5 Å². The standard InChI is InChI=1S/C13H22N4O2S/c1-3-7-14-13-15-8-11(9-16-13)20(18,19)17-12-6-4-5-10(12)2/h8-10,12,17H,3-7H2,1-2H3,(H,14,15,16). The molecule has 1 fully saturated rings. The number of nitrogens with one attached hydrogen (secondary N) is 2. The molecule has 1 aromatic rings. The zero-order valence-electron chi connectivity index (χ0n) is 12.0. The lowest BCUT2D eigenvalue weighted by Crippen LogP contribution is -2.36. The molecule has 0 saturated heterocycles. The predicted octanol–water partition coefficient (Wildman–Crippen LogP) is 1.77. The monoisotopic (exact) mass is 298 g/mol. The molecule has 1 aliphatic rings. The van der Waals surface area contributed by atoms with Gasteiger partial charge in [0.05, 0.1) is 12.4 Å². The minimum Gasteiger partial charge on any atom is -0.354 e. The topological polar surface area (TPSA) is 84.0 Å². The number of nitrogens with zero attached hydrogens (tertiary/aromatic N) is 2. The summed E-state index contributed by atoms with van der Waals surface area (Å²) in [4.78, 5) is 8.19. The van der Waals surface area contributed by atoms with E-state index in [2.05, 4.69) is 26.9 Å². The van der Waals surface area contributed by atoms with Crippen LogP contribution in [0.1, 0.15) is 39.5 Å². The Balaban J connectivity index is 2.05. The van der Waals surface area contributed by atoms with Crippen LogP contribution in [0.15, 0.2) is 17.3 Å². The van der Waals surface area contributed by atoms with Gasteiger partial charge in [-0.2, -0.15) is 0 Å². The van der Waals surface area contributed by atoms with E-state index in [0.717, 1.165) is 32.2 Å². The lowest BCUT2D eigenvalue weighted by molar-refractivity contribution is 0.476. The Morgan fingerprint density at radius 3 is 2.55 bits per heavy atom. The van der Waals surface area contributed by atoms with E-state index in [1.807, 2.05) is 6.92 Å². The average molecular weight is 298 g/mol. The number of sulfonamides is 1. The summed E-state index contributed by atoms with van der Waals surface area (Å²) in [6, 6.07) is 0.0258. The van der Waals surface area contributed by atoms with Gasteiger partial charge in [0.15, 0.2) is 0 Å². The maximum absolute atomic E-state index is 12.2. The third kappa shape index (κ3) is 3.67. The molecule has 2 N–H and O–H groups in total. The van der Waals surface area contributed by atoms with E-state index >= 15 is 0 Å².